The van der Waals surface area contributed by atoms with E-state index in [1.54, 1.807) is 14.2 Å². The lowest BCUT2D eigenvalue weighted by molar-refractivity contribution is 0.414. The van der Waals surface area contributed by atoms with Gasteiger partial charge in [-0.15, -0.1) is 0 Å². The summed E-state index contributed by atoms with van der Waals surface area (Å²) in [4.78, 5) is 4.27. The number of aromatic nitrogens is 2. The van der Waals surface area contributed by atoms with Crippen molar-refractivity contribution in [3.8, 4) is 11.4 Å². The van der Waals surface area contributed by atoms with Gasteiger partial charge in [-0.3, -0.25) is 4.99 Å². The third-order valence-electron chi connectivity index (χ3n) is 4.35. The summed E-state index contributed by atoms with van der Waals surface area (Å²) in [7, 11) is 3.45. The molecule has 0 unspecified atom stereocenters. The quantitative estimate of drug-likeness (QED) is 0.571. The van der Waals surface area contributed by atoms with Crippen molar-refractivity contribution >= 4 is 5.96 Å². The number of guanidine groups is 1. The van der Waals surface area contributed by atoms with Gasteiger partial charge >= 0.3 is 0 Å². The van der Waals surface area contributed by atoms with E-state index in [1.807, 2.05) is 41.2 Å². The van der Waals surface area contributed by atoms with Crippen LogP contribution < -0.4 is 15.4 Å². The van der Waals surface area contributed by atoms with E-state index in [2.05, 4.69) is 34.6 Å². The molecule has 0 atom stereocenters. The third-order valence-corrected chi connectivity index (χ3v) is 4.35. The fourth-order valence-electron chi connectivity index (χ4n) is 2.55. The molecular formula is C19H29N5O. The number of nitrogens with one attached hydrogen (secondary N) is 2. The number of aliphatic imine (C=N–C) groups is 1. The molecule has 1 aromatic carbocycles. The van der Waals surface area contributed by atoms with Crippen LogP contribution in [0.3, 0.4) is 0 Å². The SMILES string of the molecule is CCC(CC)CNC(=NC)NCc1ccn(-c2ccc(OC)cc2)n1. The molecule has 0 spiro atoms. The molecule has 0 saturated heterocycles. The Bertz CT molecular complexity index is 659. The molecule has 136 valence electrons. The number of hydrogen-bond donors (Lipinski definition) is 2. The van der Waals surface area contributed by atoms with E-state index >= 15 is 0 Å². The highest BCUT2D eigenvalue weighted by atomic mass is 16.5. The maximum atomic E-state index is 5.18. The normalized spacial score (nSPS) is 11.6. The van der Waals surface area contributed by atoms with Gasteiger partial charge in [-0.1, -0.05) is 26.7 Å². The van der Waals surface area contributed by atoms with Crippen molar-refractivity contribution in [3.05, 3.63) is 42.2 Å². The van der Waals surface area contributed by atoms with Crippen molar-refractivity contribution in [1.82, 2.24) is 20.4 Å². The summed E-state index contributed by atoms with van der Waals surface area (Å²) in [6, 6.07) is 9.83. The maximum Gasteiger partial charge on any atom is 0.191 e. The predicted molar refractivity (Wildman–Crippen MR) is 102 cm³/mol. The summed E-state index contributed by atoms with van der Waals surface area (Å²) in [5.74, 6) is 2.32. The van der Waals surface area contributed by atoms with Crippen LogP contribution >= 0.6 is 0 Å². The smallest absolute Gasteiger partial charge is 0.191 e. The summed E-state index contributed by atoms with van der Waals surface area (Å²) in [6.45, 7) is 6.01. The van der Waals surface area contributed by atoms with Crippen LogP contribution in [0.5, 0.6) is 5.75 Å². The van der Waals surface area contributed by atoms with Crippen molar-refractivity contribution < 1.29 is 4.74 Å². The lowest BCUT2D eigenvalue weighted by atomic mass is 10.0. The van der Waals surface area contributed by atoms with Crippen LogP contribution in [0.2, 0.25) is 0 Å². The van der Waals surface area contributed by atoms with E-state index in [4.69, 9.17) is 4.74 Å². The Morgan fingerprint density at radius 3 is 2.48 bits per heavy atom. The molecule has 1 heterocycles. The van der Waals surface area contributed by atoms with Gasteiger partial charge in [0.15, 0.2) is 5.96 Å². The van der Waals surface area contributed by atoms with Gasteiger partial charge in [-0.05, 0) is 36.2 Å². The monoisotopic (exact) mass is 343 g/mol. The van der Waals surface area contributed by atoms with Crippen LogP contribution in [0, 0.1) is 5.92 Å². The minimum Gasteiger partial charge on any atom is -0.497 e. The number of methoxy groups -OCH3 is 1. The molecule has 25 heavy (non-hydrogen) atoms. The Morgan fingerprint density at radius 1 is 1.16 bits per heavy atom. The molecule has 1 aromatic heterocycles. The Labute approximate surface area is 150 Å². The average Bonchev–Trinajstić information content (AvgIpc) is 3.14. The molecule has 0 amide bonds. The molecule has 2 rings (SSSR count). The van der Waals surface area contributed by atoms with E-state index in [0.29, 0.717) is 12.5 Å². The Hall–Kier alpha value is -2.50. The Balaban J connectivity index is 1.89. The van der Waals surface area contributed by atoms with Crippen LogP contribution in [0.25, 0.3) is 5.69 Å². The van der Waals surface area contributed by atoms with Crippen molar-refractivity contribution in [2.75, 3.05) is 20.7 Å². The van der Waals surface area contributed by atoms with Crippen molar-refractivity contribution in [2.24, 2.45) is 10.9 Å². The molecular weight excluding hydrogens is 314 g/mol. The molecule has 0 aliphatic rings. The van der Waals surface area contributed by atoms with Crippen LogP contribution in [0.1, 0.15) is 32.4 Å². The van der Waals surface area contributed by atoms with Crippen LogP contribution in [-0.2, 0) is 6.54 Å². The van der Waals surface area contributed by atoms with E-state index in [1.165, 1.54) is 12.8 Å². The van der Waals surface area contributed by atoms with Gasteiger partial charge in [0.05, 0.1) is 25.0 Å². The highest BCUT2D eigenvalue weighted by Crippen LogP contribution is 2.14. The number of benzene rings is 1. The maximum absolute atomic E-state index is 5.18. The summed E-state index contributed by atoms with van der Waals surface area (Å²) in [6.07, 6.45) is 4.30. The molecule has 0 fully saturated rings. The molecule has 0 radical (unpaired) electrons. The summed E-state index contributed by atoms with van der Waals surface area (Å²) < 4.78 is 7.04. The zero-order valence-corrected chi connectivity index (χ0v) is 15.6. The molecule has 0 saturated carbocycles. The van der Waals surface area contributed by atoms with Gasteiger partial charge < -0.3 is 15.4 Å². The van der Waals surface area contributed by atoms with E-state index < -0.39 is 0 Å². The average molecular weight is 343 g/mol. The van der Waals surface area contributed by atoms with Crippen LogP contribution in [-0.4, -0.2) is 36.4 Å². The summed E-state index contributed by atoms with van der Waals surface area (Å²) >= 11 is 0. The van der Waals surface area contributed by atoms with Gasteiger partial charge in [0.25, 0.3) is 0 Å². The van der Waals surface area contributed by atoms with Crippen molar-refractivity contribution in [1.29, 1.82) is 0 Å². The fourth-order valence-corrected chi connectivity index (χ4v) is 2.55. The summed E-state index contributed by atoms with van der Waals surface area (Å²) in [5, 5.41) is 11.3. The summed E-state index contributed by atoms with van der Waals surface area (Å²) in [5.41, 5.74) is 1.96. The molecule has 2 aromatic rings. The van der Waals surface area contributed by atoms with Gasteiger partial charge in [0.2, 0.25) is 0 Å². The minimum atomic E-state index is 0.631. The molecule has 2 N–H and O–H groups in total. The Kier molecular flexibility index (Phi) is 7.32. The van der Waals surface area contributed by atoms with Gasteiger partial charge in [0.1, 0.15) is 5.75 Å². The molecule has 0 bridgehead atoms. The number of nitrogens with zero attached hydrogens (tertiary/aromatic N) is 3. The van der Waals surface area contributed by atoms with E-state index in [0.717, 1.165) is 29.6 Å². The van der Waals surface area contributed by atoms with Crippen LogP contribution in [0.15, 0.2) is 41.5 Å². The first kappa shape index (κ1) is 18.8. The number of hydrogen-bond acceptors (Lipinski definition) is 3. The second kappa shape index (κ2) is 9.71. The molecule has 6 nitrogen and oxygen atoms in total. The minimum absolute atomic E-state index is 0.631. The second-order valence-electron chi connectivity index (χ2n) is 5.94. The number of rotatable bonds is 8. The van der Waals surface area contributed by atoms with E-state index in [9.17, 15) is 0 Å². The van der Waals surface area contributed by atoms with Crippen molar-refractivity contribution in [2.45, 2.75) is 33.2 Å². The van der Waals surface area contributed by atoms with Gasteiger partial charge in [-0.2, -0.15) is 5.10 Å². The molecule has 6 heteroatoms. The highest BCUT2D eigenvalue weighted by Gasteiger charge is 2.06. The van der Waals surface area contributed by atoms with E-state index in [-0.39, 0.29) is 0 Å². The largest absolute Gasteiger partial charge is 0.497 e. The molecule has 0 aliphatic carbocycles. The van der Waals surface area contributed by atoms with Crippen LogP contribution in [0.4, 0.5) is 0 Å². The second-order valence-corrected chi connectivity index (χ2v) is 5.94. The zero-order valence-electron chi connectivity index (χ0n) is 15.6. The van der Waals surface area contributed by atoms with Gasteiger partial charge in [-0.25, -0.2) is 4.68 Å². The third kappa shape index (κ3) is 5.52. The Morgan fingerprint density at radius 2 is 1.88 bits per heavy atom. The van der Waals surface area contributed by atoms with Crippen molar-refractivity contribution in [3.63, 3.8) is 0 Å². The molecule has 0 aliphatic heterocycles. The first-order valence-electron chi connectivity index (χ1n) is 8.83. The first-order chi connectivity index (χ1) is 12.2. The first-order valence-corrected chi connectivity index (χ1v) is 8.83. The lowest BCUT2D eigenvalue weighted by Crippen LogP contribution is -2.39. The predicted octanol–water partition coefficient (Wildman–Crippen LogP) is 2.98. The standard InChI is InChI=1S/C19H29N5O/c1-5-15(6-2)13-21-19(20-3)22-14-16-11-12-24(23-16)17-7-9-18(25-4)10-8-17/h7-12,15H,5-6,13-14H2,1-4H3,(H2,20,21,22). The fraction of sp³-hybridized carbons (Fsp3) is 0.474. The zero-order chi connectivity index (χ0) is 18.1. The number of ether oxygens (including phenoxy) is 1. The van der Waals surface area contributed by atoms with Gasteiger partial charge in [0, 0.05) is 19.8 Å². The lowest BCUT2D eigenvalue weighted by Gasteiger charge is -2.16. The highest BCUT2D eigenvalue weighted by molar-refractivity contribution is 5.79. The topological polar surface area (TPSA) is 63.5 Å².